The molecule has 0 aromatic heterocycles. The van der Waals surface area contributed by atoms with Gasteiger partial charge in [-0.2, -0.15) is 0 Å². The molecule has 0 radical (unpaired) electrons. The van der Waals surface area contributed by atoms with E-state index in [0.29, 0.717) is 23.0 Å². The molecular weight excluding hydrogens is 859 g/mol. The van der Waals surface area contributed by atoms with Crippen LogP contribution in [0.25, 0.3) is 31.3 Å². The van der Waals surface area contributed by atoms with Crippen molar-refractivity contribution in [2.24, 2.45) is 15.3 Å². The molecule has 1 saturated carbocycles. The second-order valence-corrected chi connectivity index (χ2v) is 15.3. The highest BCUT2D eigenvalue weighted by molar-refractivity contribution is 5.29. The molecule has 2 aliphatic rings. The van der Waals surface area contributed by atoms with E-state index in [1.807, 2.05) is 12.1 Å². The number of benzene rings is 4. The molecule has 4 aromatic carbocycles. The Morgan fingerprint density at radius 1 is 0.530 bits per heavy atom. The van der Waals surface area contributed by atoms with Crippen LogP contribution in [0.3, 0.4) is 0 Å². The lowest BCUT2D eigenvalue weighted by molar-refractivity contribution is -0.319. The summed E-state index contributed by atoms with van der Waals surface area (Å²) < 4.78 is 60.9. The van der Waals surface area contributed by atoms with E-state index in [-0.39, 0.29) is 32.8 Å². The Labute approximate surface area is 380 Å². The summed E-state index contributed by atoms with van der Waals surface area (Å²) >= 11 is 0. The second-order valence-electron chi connectivity index (χ2n) is 15.3. The molecule has 4 aromatic rings. The van der Waals surface area contributed by atoms with Crippen molar-refractivity contribution in [3.8, 4) is 23.0 Å². The van der Waals surface area contributed by atoms with Crippen LogP contribution in [0.1, 0.15) is 28.7 Å². The van der Waals surface area contributed by atoms with E-state index in [1.54, 1.807) is 113 Å². The summed E-state index contributed by atoms with van der Waals surface area (Å²) in [5, 5.41) is 34.1. The van der Waals surface area contributed by atoms with E-state index in [1.165, 1.54) is 0 Å². The van der Waals surface area contributed by atoms with Crippen molar-refractivity contribution in [1.29, 1.82) is 0 Å². The molecule has 2 fully saturated rings. The Kier molecular flexibility index (Phi) is 18.5. The first kappa shape index (κ1) is 49.1. The Morgan fingerprint density at radius 3 is 1.27 bits per heavy atom. The van der Waals surface area contributed by atoms with Gasteiger partial charge < -0.3 is 57.6 Å². The number of hydrogen-bond acceptors (Lipinski definition) is 15. The van der Waals surface area contributed by atoms with Crippen molar-refractivity contribution in [2.45, 2.75) is 100.0 Å². The van der Waals surface area contributed by atoms with Gasteiger partial charge in [0.2, 0.25) is 0 Å². The van der Waals surface area contributed by atoms with E-state index in [0.717, 1.165) is 22.3 Å². The van der Waals surface area contributed by atoms with Crippen LogP contribution in [0.4, 0.5) is 0 Å². The van der Waals surface area contributed by atoms with Crippen molar-refractivity contribution < 1.29 is 57.6 Å². The van der Waals surface area contributed by atoms with E-state index < -0.39 is 73.8 Å². The molecule has 66 heavy (non-hydrogen) atoms. The molecular formula is C45H53N9O12. The first-order chi connectivity index (χ1) is 32.2. The number of ether oxygens (including phenoxy) is 10. The highest BCUT2D eigenvalue weighted by atomic mass is 16.7. The van der Waals surface area contributed by atoms with Crippen LogP contribution in [-0.2, 0) is 54.8 Å². The van der Waals surface area contributed by atoms with Gasteiger partial charge in [-0.25, -0.2) is 0 Å². The van der Waals surface area contributed by atoms with Gasteiger partial charge in [-0.15, -0.1) is 0 Å². The zero-order valence-corrected chi connectivity index (χ0v) is 36.8. The SMILES string of the molecule is COc1ccc(CO[C@@H]2[C@@H](OCc3ccc(OC)cc3)[C@H](N=[N+]=[N-])C[C@H](N=[N+]=[N-])[C@H]2O[C@H]2O[C@H](C(O)CO)[C@@H](OCc3ccc(OC)cc3)[C@H](OCc3ccc(OC)cc3)[C@H]2N=[N+]=[N-])cc1. The van der Waals surface area contributed by atoms with Crippen LogP contribution < -0.4 is 18.9 Å². The average molecular weight is 912 g/mol. The lowest BCUT2D eigenvalue weighted by atomic mass is 9.83. The molecule has 1 aliphatic carbocycles. The maximum atomic E-state index is 11.4. The van der Waals surface area contributed by atoms with Gasteiger partial charge in [-0.3, -0.25) is 0 Å². The molecule has 1 heterocycles. The zero-order valence-electron chi connectivity index (χ0n) is 36.8. The molecule has 21 heteroatoms. The van der Waals surface area contributed by atoms with E-state index in [9.17, 15) is 26.8 Å². The molecule has 1 aliphatic heterocycles. The van der Waals surface area contributed by atoms with Gasteiger partial charge in [0, 0.05) is 14.7 Å². The Bertz CT molecular complexity index is 2260. The van der Waals surface area contributed by atoms with Crippen LogP contribution in [0.2, 0.25) is 0 Å². The Hall–Kier alpha value is -6.31. The summed E-state index contributed by atoms with van der Waals surface area (Å²) in [4.78, 5) is 9.37. The van der Waals surface area contributed by atoms with Gasteiger partial charge in [-0.05, 0) is 93.8 Å². The lowest BCUT2D eigenvalue weighted by Crippen LogP contribution is -2.65. The second kappa shape index (κ2) is 24.8. The standard InChI is InChI=1S/C45H53N9O12/c1-57-31-13-5-27(6-14-31)23-61-39-35(49-52-46)21-36(50-53-47)40(43(39)63-25-29-9-17-33(59-3)18-10-29)65-45-38(51-54-48)42(62-24-28-7-15-32(58-2)16-8-28)44(41(66-45)37(56)22-55)64-26-30-11-19-34(60-4)20-12-30/h5-20,35-45,55-56H,21-26H2,1-4H3/t35-,36+,37?,38-,39+,40-,41-,42-,43-,44-,45+/m1/s1. The number of azide groups is 3. The highest BCUT2D eigenvalue weighted by Crippen LogP contribution is 2.38. The van der Waals surface area contributed by atoms with Crippen LogP contribution in [0, 0.1) is 0 Å². The molecule has 2 N–H and O–H groups in total. The van der Waals surface area contributed by atoms with Crippen LogP contribution in [0.15, 0.2) is 112 Å². The number of methoxy groups -OCH3 is 4. The highest BCUT2D eigenvalue weighted by Gasteiger charge is 2.54. The quantitative estimate of drug-likeness (QED) is 0.0422. The third kappa shape index (κ3) is 12.7. The van der Waals surface area contributed by atoms with Gasteiger partial charge in [-0.1, -0.05) is 63.9 Å². The lowest BCUT2D eigenvalue weighted by Gasteiger charge is -2.49. The Balaban J connectivity index is 1.40. The maximum Gasteiger partial charge on any atom is 0.169 e. The topological polar surface area (TPSA) is 279 Å². The third-order valence-corrected chi connectivity index (χ3v) is 11.3. The molecule has 0 spiro atoms. The number of aliphatic hydroxyl groups is 2. The fraction of sp³-hybridized carbons (Fsp3) is 0.467. The summed E-state index contributed by atoms with van der Waals surface area (Å²) in [6.45, 7) is -0.787. The van der Waals surface area contributed by atoms with E-state index >= 15 is 0 Å². The molecule has 1 unspecified atom stereocenters. The number of aliphatic hydroxyl groups excluding tert-OH is 2. The zero-order chi connectivity index (χ0) is 46.8. The first-order valence-corrected chi connectivity index (χ1v) is 21.0. The fourth-order valence-corrected chi connectivity index (χ4v) is 7.81. The van der Waals surface area contributed by atoms with Crippen molar-refractivity contribution in [3.63, 3.8) is 0 Å². The summed E-state index contributed by atoms with van der Waals surface area (Å²) in [5.74, 6) is 2.51. The Morgan fingerprint density at radius 2 is 0.894 bits per heavy atom. The minimum absolute atomic E-state index is 0.0134. The third-order valence-electron chi connectivity index (χ3n) is 11.3. The van der Waals surface area contributed by atoms with E-state index in [4.69, 9.17) is 47.4 Å². The first-order valence-electron chi connectivity index (χ1n) is 21.0. The predicted octanol–water partition coefficient (Wildman–Crippen LogP) is 7.27. The van der Waals surface area contributed by atoms with E-state index in [2.05, 4.69) is 30.1 Å². The van der Waals surface area contributed by atoms with Crippen LogP contribution >= 0.6 is 0 Å². The summed E-state index contributed by atoms with van der Waals surface area (Å²) in [7, 11) is 6.21. The number of nitrogens with zero attached hydrogens (tertiary/aromatic N) is 9. The van der Waals surface area contributed by atoms with Gasteiger partial charge in [0.05, 0.1) is 85.8 Å². The molecule has 11 atom stereocenters. The monoisotopic (exact) mass is 911 g/mol. The predicted molar refractivity (Wildman–Crippen MR) is 236 cm³/mol. The molecule has 0 amide bonds. The van der Waals surface area contributed by atoms with Crippen molar-refractivity contribution in [2.75, 3.05) is 35.0 Å². The van der Waals surface area contributed by atoms with Gasteiger partial charge >= 0.3 is 0 Å². The van der Waals surface area contributed by atoms with Crippen molar-refractivity contribution in [3.05, 3.63) is 151 Å². The fourth-order valence-electron chi connectivity index (χ4n) is 7.81. The smallest absolute Gasteiger partial charge is 0.169 e. The van der Waals surface area contributed by atoms with Crippen LogP contribution in [-0.4, -0.2) is 112 Å². The van der Waals surface area contributed by atoms with Gasteiger partial charge in [0.1, 0.15) is 59.6 Å². The summed E-state index contributed by atoms with van der Waals surface area (Å²) in [6, 6.07) is 25.2. The normalized spacial score (nSPS) is 25.2. The van der Waals surface area contributed by atoms with Crippen molar-refractivity contribution >= 4 is 0 Å². The largest absolute Gasteiger partial charge is 0.497 e. The maximum absolute atomic E-state index is 11.4. The molecule has 6 rings (SSSR count). The minimum atomic E-state index is -1.56. The van der Waals surface area contributed by atoms with Crippen LogP contribution in [0.5, 0.6) is 23.0 Å². The van der Waals surface area contributed by atoms with Gasteiger partial charge in [0.25, 0.3) is 0 Å². The number of rotatable bonds is 23. The van der Waals surface area contributed by atoms with Gasteiger partial charge in [0.15, 0.2) is 6.29 Å². The number of hydrogen-bond donors (Lipinski definition) is 2. The molecule has 0 bridgehead atoms. The molecule has 1 saturated heterocycles. The minimum Gasteiger partial charge on any atom is -0.497 e. The summed E-state index contributed by atoms with van der Waals surface area (Å²) in [5.41, 5.74) is 32.7. The molecule has 21 nitrogen and oxygen atoms in total. The molecule has 350 valence electrons. The van der Waals surface area contributed by atoms with Crippen molar-refractivity contribution in [1.82, 2.24) is 0 Å². The summed E-state index contributed by atoms with van der Waals surface area (Å²) in [6.07, 6.45) is -10.3. The average Bonchev–Trinajstić information content (AvgIpc) is 3.36.